The normalized spacial score (nSPS) is 27.4. The van der Waals surface area contributed by atoms with Crippen LogP contribution in [-0.2, 0) is 4.74 Å². The van der Waals surface area contributed by atoms with E-state index in [2.05, 4.69) is 17.3 Å². The first kappa shape index (κ1) is 14.9. The van der Waals surface area contributed by atoms with Crippen molar-refractivity contribution in [1.82, 2.24) is 10.2 Å². The molecule has 17 heavy (non-hydrogen) atoms. The van der Waals surface area contributed by atoms with E-state index < -0.39 is 0 Å². The highest BCUT2D eigenvalue weighted by Gasteiger charge is 2.24. The maximum atomic E-state index is 9.80. The van der Waals surface area contributed by atoms with Crippen LogP contribution < -0.4 is 5.32 Å². The zero-order valence-electron chi connectivity index (χ0n) is 11.5. The molecule has 0 radical (unpaired) electrons. The molecule has 1 unspecified atom stereocenters. The fraction of sp³-hybridized carbons (Fsp3) is 1.00. The van der Waals surface area contributed by atoms with Crippen molar-refractivity contribution in [2.45, 2.75) is 50.8 Å². The topological polar surface area (TPSA) is 44.7 Å². The molecule has 0 heterocycles. The summed E-state index contributed by atoms with van der Waals surface area (Å²) in [5, 5.41) is 13.1. The molecule has 4 nitrogen and oxygen atoms in total. The lowest BCUT2D eigenvalue weighted by Gasteiger charge is -2.35. The van der Waals surface area contributed by atoms with Gasteiger partial charge in [0.05, 0.1) is 12.7 Å². The quantitative estimate of drug-likeness (QED) is 0.697. The SMILES string of the molecule is CCOCC(O)CN(C)C1CCC(NC)CC1. The molecule has 1 aliphatic rings. The number of nitrogens with zero attached hydrogens (tertiary/aromatic N) is 1. The van der Waals surface area contributed by atoms with Gasteiger partial charge in [-0.2, -0.15) is 0 Å². The van der Waals surface area contributed by atoms with Crippen LogP contribution in [0.1, 0.15) is 32.6 Å². The standard InChI is InChI=1S/C13H28N2O2/c1-4-17-10-13(16)9-15(3)12-7-5-11(14-2)6-8-12/h11-14,16H,4-10H2,1-3H3. The van der Waals surface area contributed by atoms with Gasteiger partial charge in [0.1, 0.15) is 0 Å². The maximum Gasteiger partial charge on any atom is 0.0900 e. The van der Waals surface area contributed by atoms with Gasteiger partial charge >= 0.3 is 0 Å². The highest BCUT2D eigenvalue weighted by molar-refractivity contribution is 4.81. The number of hydrogen-bond acceptors (Lipinski definition) is 4. The molecule has 1 aliphatic carbocycles. The van der Waals surface area contributed by atoms with Gasteiger partial charge in [-0.15, -0.1) is 0 Å². The van der Waals surface area contributed by atoms with E-state index in [-0.39, 0.29) is 6.10 Å². The van der Waals surface area contributed by atoms with Crippen molar-refractivity contribution in [3.63, 3.8) is 0 Å². The molecule has 0 saturated heterocycles. The monoisotopic (exact) mass is 244 g/mol. The van der Waals surface area contributed by atoms with Gasteiger partial charge in [-0.1, -0.05) is 0 Å². The maximum absolute atomic E-state index is 9.80. The van der Waals surface area contributed by atoms with E-state index in [1.165, 1.54) is 25.7 Å². The zero-order chi connectivity index (χ0) is 12.7. The third-order valence-electron chi connectivity index (χ3n) is 3.74. The van der Waals surface area contributed by atoms with Crippen molar-refractivity contribution in [1.29, 1.82) is 0 Å². The minimum Gasteiger partial charge on any atom is -0.389 e. The second-order valence-electron chi connectivity index (χ2n) is 5.05. The molecule has 0 aromatic carbocycles. The molecule has 102 valence electrons. The van der Waals surface area contributed by atoms with E-state index in [9.17, 15) is 5.11 Å². The molecule has 0 aliphatic heterocycles. The number of nitrogens with one attached hydrogen (secondary N) is 1. The molecule has 1 fully saturated rings. The van der Waals surface area contributed by atoms with E-state index in [1.54, 1.807) is 0 Å². The van der Waals surface area contributed by atoms with Crippen LogP contribution in [0.25, 0.3) is 0 Å². The molecule has 0 aromatic heterocycles. The fourth-order valence-electron chi connectivity index (χ4n) is 2.59. The summed E-state index contributed by atoms with van der Waals surface area (Å²) in [6.07, 6.45) is 4.58. The molecule has 0 aromatic rings. The summed E-state index contributed by atoms with van der Waals surface area (Å²) in [4.78, 5) is 2.29. The van der Waals surface area contributed by atoms with E-state index in [4.69, 9.17) is 4.74 Å². The highest BCUT2D eigenvalue weighted by atomic mass is 16.5. The zero-order valence-corrected chi connectivity index (χ0v) is 11.5. The molecule has 0 bridgehead atoms. The van der Waals surface area contributed by atoms with Crippen LogP contribution in [0.4, 0.5) is 0 Å². The molecule has 1 rings (SSSR count). The second kappa shape index (κ2) is 8.03. The van der Waals surface area contributed by atoms with Crippen LogP contribution in [0.5, 0.6) is 0 Å². The van der Waals surface area contributed by atoms with Crippen LogP contribution in [0.15, 0.2) is 0 Å². The summed E-state index contributed by atoms with van der Waals surface area (Å²) in [5.74, 6) is 0. The Hall–Kier alpha value is -0.160. The molecule has 4 heteroatoms. The van der Waals surface area contributed by atoms with Crippen LogP contribution in [0.3, 0.4) is 0 Å². The Morgan fingerprint density at radius 1 is 1.35 bits per heavy atom. The molecule has 1 atom stereocenters. The van der Waals surface area contributed by atoms with Gasteiger partial charge in [0.2, 0.25) is 0 Å². The summed E-state index contributed by atoms with van der Waals surface area (Å²) in [6, 6.07) is 1.31. The Bertz CT molecular complexity index is 194. The van der Waals surface area contributed by atoms with Gasteiger partial charge in [0, 0.05) is 25.2 Å². The Morgan fingerprint density at radius 3 is 2.53 bits per heavy atom. The number of likely N-dealkylation sites (N-methyl/N-ethyl adjacent to an activating group) is 1. The van der Waals surface area contributed by atoms with Crippen molar-refractivity contribution in [3.05, 3.63) is 0 Å². The third-order valence-corrected chi connectivity index (χ3v) is 3.74. The Kier molecular flexibility index (Phi) is 7.04. The smallest absolute Gasteiger partial charge is 0.0900 e. The Balaban J connectivity index is 2.21. The van der Waals surface area contributed by atoms with Crippen molar-refractivity contribution in [2.75, 3.05) is 33.9 Å². The van der Waals surface area contributed by atoms with Gasteiger partial charge < -0.3 is 20.1 Å². The number of rotatable bonds is 7. The molecular formula is C13H28N2O2. The van der Waals surface area contributed by atoms with Crippen molar-refractivity contribution in [3.8, 4) is 0 Å². The number of ether oxygens (including phenoxy) is 1. The van der Waals surface area contributed by atoms with Crippen molar-refractivity contribution < 1.29 is 9.84 Å². The summed E-state index contributed by atoms with van der Waals surface area (Å²) in [6.45, 7) is 3.80. The van der Waals surface area contributed by atoms with Crippen LogP contribution in [0.2, 0.25) is 0 Å². The molecule has 0 amide bonds. The summed E-state index contributed by atoms with van der Waals surface area (Å²) in [7, 11) is 4.15. The molecule has 1 saturated carbocycles. The first-order valence-corrected chi connectivity index (χ1v) is 6.80. The Morgan fingerprint density at radius 2 is 2.00 bits per heavy atom. The van der Waals surface area contributed by atoms with E-state index in [0.29, 0.717) is 25.3 Å². The van der Waals surface area contributed by atoms with Gasteiger partial charge in [-0.3, -0.25) is 0 Å². The minimum absolute atomic E-state index is 0.359. The minimum atomic E-state index is -0.359. The van der Waals surface area contributed by atoms with Crippen molar-refractivity contribution in [2.24, 2.45) is 0 Å². The summed E-state index contributed by atoms with van der Waals surface area (Å²) >= 11 is 0. The van der Waals surface area contributed by atoms with Gasteiger partial charge in [-0.25, -0.2) is 0 Å². The fourth-order valence-corrected chi connectivity index (χ4v) is 2.59. The third kappa shape index (κ3) is 5.34. The lowest BCUT2D eigenvalue weighted by Crippen LogP contribution is -2.43. The summed E-state index contributed by atoms with van der Waals surface area (Å²) < 4.78 is 5.23. The number of hydrogen-bond donors (Lipinski definition) is 2. The lowest BCUT2D eigenvalue weighted by molar-refractivity contribution is 0.0143. The molecular weight excluding hydrogens is 216 g/mol. The van der Waals surface area contributed by atoms with Crippen molar-refractivity contribution >= 4 is 0 Å². The van der Waals surface area contributed by atoms with Crippen LogP contribution in [-0.4, -0.2) is 62.0 Å². The molecule has 2 N–H and O–H groups in total. The Labute approximate surface area is 105 Å². The highest BCUT2D eigenvalue weighted by Crippen LogP contribution is 2.22. The second-order valence-corrected chi connectivity index (χ2v) is 5.05. The van der Waals surface area contributed by atoms with E-state index in [1.807, 2.05) is 14.0 Å². The molecule has 0 spiro atoms. The first-order chi connectivity index (χ1) is 8.17. The predicted octanol–water partition coefficient (Wildman–Crippen LogP) is 0.846. The van der Waals surface area contributed by atoms with E-state index >= 15 is 0 Å². The average molecular weight is 244 g/mol. The van der Waals surface area contributed by atoms with Gasteiger partial charge in [0.15, 0.2) is 0 Å². The first-order valence-electron chi connectivity index (χ1n) is 6.80. The largest absolute Gasteiger partial charge is 0.389 e. The summed E-state index contributed by atoms with van der Waals surface area (Å²) in [5.41, 5.74) is 0. The number of aliphatic hydroxyl groups excluding tert-OH is 1. The van der Waals surface area contributed by atoms with Gasteiger partial charge in [0.25, 0.3) is 0 Å². The lowest BCUT2D eigenvalue weighted by atomic mass is 9.90. The average Bonchev–Trinajstić information content (AvgIpc) is 2.36. The van der Waals surface area contributed by atoms with Crippen LogP contribution >= 0.6 is 0 Å². The van der Waals surface area contributed by atoms with Gasteiger partial charge in [-0.05, 0) is 46.7 Å². The predicted molar refractivity (Wildman–Crippen MR) is 70.2 cm³/mol. The van der Waals surface area contributed by atoms with E-state index in [0.717, 1.165) is 6.54 Å². The number of aliphatic hydroxyl groups is 1. The van der Waals surface area contributed by atoms with Crippen LogP contribution in [0, 0.1) is 0 Å².